The van der Waals surface area contributed by atoms with Gasteiger partial charge in [0.25, 0.3) is 0 Å². The lowest BCUT2D eigenvalue weighted by Crippen LogP contribution is -2.43. The van der Waals surface area contributed by atoms with E-state index in [1.54, 1.807) is 17.5 Å². The van der Waals surface area contributed by atoms with Gasteiger partial charge in [0, 0.05) is 24.7 Å². The van der Waals surface area contributed by atoms with Crippen molar-refractivity contribution < 1.29 is 4.79 Å². The Hall–Kier alpha value is -1.75. The molecule has 0 bridgehead atoms. The van der Waals surface area contributed by atoms with Crippen molar-refractivity contribution in [1.29, 1.82) is 0 Å². The Balaban J connectivity index is 1.66. The summed E-state index contributed by atoms with van der Waals surface area (Å²) >= 11 is 1.55. The molecule has 2 aromatic heterocycles. The van der Waals surface area contributed by atoms with E-state index in [4.69, 9.17) is 0 Å². The summed E-state index contributed by atoms with van der Waals surface area (Å²) in [7, 11) is 0. The lowest BCUT2D eigenvalue weighted by molar-refractivity contribution is -0.133. The Bertz CT molecular complexity index is 630. The van der Waals surface area contributed by atoms with Crippen LogP contribution in [0.1, 0.15) is 26.0 Å². The van der Waals surface area contributed by atoms with Crippen LogP contribution in [-0.2, 0) is 11.2 Å². The first-order valence-corrected chi connectivity index (χ1v) is 8.63. The zero-order valence-corrected chi connectivity index (χ0v) is 13.8. The van der Waals surface area contributed by atoms with Crippen molar-refractivity contribution in [2.24, 2.45) is 11.8 Å². The second-order valence-electron chi connectivity index (χ2n) is 6.28. The van der Waals surface area contributed by atoms with Gasteiger partial charge in [0.05, 0.1) is 17.8 Å². The molecule has 22 heavy (non-hydrogen) atoms. The standard InChI is InChI=1S/C17H21N3OS/c1-12-7-13(2)10-20(9-12)16(21)8-14-11-22-17(19-14)15-5-3-4-6-18-15/h3-6,11-13H,7-10H2,1-2H3. The summed E-state index contributed by atoms with van der Waals surface area (Å²) in [6.45, 7) is 6.19. The summed E-state index contributed by atoms with van der Waals surface area (Å²) in [5.41, 5.74) is 1.72. The number of rotatable bonds is 3. The van der Waals surface area contributed by atoms with Crippen molar-refractivity contribution in [2.45, 2.75) is 26.7 Å². The van der Waals surface area contributed by atoms with E-state index in [2.05, 4.69) is 23.8 Å². The predicted molar refractivity (Wildman–Crippen MR) is 88.6 cm³/mol. The fraction of sp³-hybridized carbons (Fsp3) is 0.471. The smallest absolute Gasteiger partial charge is 0.228 e. The van der Waals surface area contributed by atoms with Gasteiger partial charge in [0.2, 0.25) is 5.91 Å². The number of carbonyl (C=O) groups excluding carboxylic acids is 1. The number of hydrogen-bond donors (Lipinski definition) is 0. The molecule has 1 amide bonds. The van der Waals surface area contributed by atoms with Crippen molar-refractivity contribution in [3.8, 4) is 10.7 Å². The molecular weight excluding hydrogens is 294 g/mol. The van der Waals surface area contributed by atoms with Gasteiger partial charge in [-0.05, 0) is 30.4 Å². The minimum Gasteiger partial charge on any atom is -0.342 e. The molecule has 0 aromatic carbocycles. The number of amides is 1. The van der Waals surface area contributed by atoms with Crippen LogP contribution in [0.25, 0.3) is 10.7 Å². The highest BCUT2D eigenvalue weighted by atomic mass is 32.1. The molecule has 1 aliphatic heterocycles. The number of carbonyl (C=O) groups is 1. The van der Waals surface area contributed by atoms with Gasteiger partial charge >= 0.3 is 0 Å². The number of thiazole rings is 1. The molecule has 2 unspecified atom stereocenters. The van der Waals surface area contributed by atoms with Crippen molar-refractivity contribution >= 4 is 17.2 Å². The zero-order chi connectivity index (χ0) is 15.5. The van der Waals surface area contributed by atoms with E-state index in [1.165, 1.54) is 6.42 Å². The predicted octanol–water partition coefficient (Wildman–Crippen LogP) is 3.25. The van der Waals surface area contributed by atoms with E-state index >= 15 is 0 Å². The maximum Gasteiger partial charge on any atom is 0.228 e. The number of likely N-dealkylation sites (tertiary alicyclic amines) is 1. The second-order valence-corrected chi connectivity index (χ2v) is 7.14. The van der Waals surface area contributed by atoms with E-state index < -0.39 is 0 Å². The third-order valence-corrected chi connectivity index (χ3v) is 4.90. The van der Waals surface area contributed by atoms with E-state index in [1.807, 2.05) is 28.5 Å². The Labute approximate surface area is 135 Å². The summed E-state index contributed by atoms with van der Waals surface area (Å²) in [6.07, 6.45) is 3.37. The molecule has 0 aliphatic carbocycles. The van der Waals surface area contributed by atoms with Gasteiger partial charge in [-0.3, -0.25) is 9.78 Å². The van der Waals surface area contributed by atoms with Crippen molar-refractivity contribution in [2.75, 3.05) is 13.1 Å². The van der Waals surface area contributed by atoms with Crippen LogP contribution >= 0.6 is 11.3 Å². The number of hydrogen-bond acceptors (Lipinski definition) is 4. The van der Waals surface area contributed by atoms with Crippen molar-refractivity contribution in [3.05, 3.63) is 35.5 Å². The Kier molecular flexibility index (Phi) is 4.52. The molecule has 1 fully saturated rings. The van der Waals surface area contributed by atoms with Gasteiger partial charge in [0.1, 0.15) is 5.01 Å². The van der Waals surface area contributed by atoms with Gasteiger partial charge in [-0.1, -0.05) is 19.9 Å². The molecule has 116 valence electrons. The van der Waals surface area contributed by atoms with Gasteiger partial charge in [0.15, 0.2) is 0 Å². The number of aromatic nitrogens is 2. The van der Waals surface area contributed by atoms with Crippen LogP contribution in [0.15, 0.2) is 29.8 Å². The van der Waals surface area contributed by atoms with E-state index in [0.717, 1.165) is 29.5 Å². The van der Waals surface area contributed by atoms with Crippen LogP contribution in [0, 0.1) is 11.8 Å². The molecule has 2 aromatic rings. The van der Waals surface area contributed by atoms with Crippen LogP contribution in [0.4, 0.5) is 0 Å². The minimum atomic E-state index is 0.191. The average Bonchev–Trinajstić information content (AvgIpc) is 2.95. The quantitative estimate of drug-likeness (QED) is 0.873. The third kappa shape index (κ3) is 3.53. The normalized spacial score (nSPS) is 21.8. The summed E-state index contributed by atoms with van der Waals surface area (Å²) in [6, 6.07) is 5.78. The monoisotopic (exact) mass is 315 g/mol. The maximum atomic E-state index is 12.5. The fourth-order valence-corrected chi connectivity index (χ4v) is 3.92. The van der Waals surface area contributed by atoms with Crippen molar-refractivity contribution in [3.63, 3.8) is 0 Å². The minimum absolute atomic E-state index is 0.191. The first-order chi connectivity index (χ1) is 10.6. The lowest BCUT2D eigenvalue weighted by atomic mass is 9.92. The SMILES string of the molecule is CC1CC(C)CN(C(=O)Cc2csc(-c3ccccn3)n2)C1. The molecule has 0 saturated carbocycles. The molecule has 3 rings (SSSR count). The van der Waals surface area contributed by atoms with Crippen LogP contribution in [0.2, 0.25) is 0 Å². The van der Waals surface area contributed by atoms with Crippen LogP contribution in [0.3, 0.4) is 0 Å². The van der Waals surface area contributed by atoms with Gasteiger partial charge in [-0.2, -0.15) is 0 Å². The third-order valence-electron chi connectivity index (χ3n) is 3.99. The average molecular weight is 315 g/mol. The van der Waals surface area contributed by atoms with E-state index in [-0.39, 0.29) is 5.91 Å². The second kappa shape index (κ2) is 6.57. The van der Waals surface area contributed by atoms with E-state index in [0.29, 0.717) is 18.3 Å². The number of piperidine rings is 1. The first-order valence-electron chi connectivity index (χ1n) is 7.75. The number of nitrogens with zero attached hydrogens (tertiary/aromatic N) is 3. The molecule has 1 aliphatic rings. The van der Waals surface area contributed by atoms with Crippen LogP contribution < -0.4 is 0 Å². The molecule has 5 heteroatoms. The molecule has 1 saturated heterocycles. The molecule has 3 heterocycles. The molecule has 0 radical (unpaired) electrons. The van der Waals surface area contributed by atoms with Crippen LogP contribution in [-0.4, -0.2) is 33.9 Å². The first kappa shape index (κ1) is 15.2. The summed E-state index contributed by atoms with van der Waals surface area (Å²) in [5, 5.41) is 2.85. The highest BCUT2D eigenvalue weighted by Crippen LogP contribution is 2.24. The maximum absolute atomic E-state index is 12.5. The van der Waals surface area contributed by atoms with Gasteiger partial charge in [-0.25, -0.2) is 4.98 Å². The summed E-state index contributed by atoms with van der Waals surface area (Å²) in [4.78, 5) is 23.3. The summed E-state index contributed by atoms with van der Waals surface area (Å²) < 4.78 is 0. The highest BCUT2D eigenvalue weighted by Gasteiger charge is 2.25. The fourth-order valence-electron chi connectivity index (χ4n) is 3.13. The Morgan fingerprint density at radius 1 is 1.32 bits per heavy atom. The molecule has 0 spiro atoms. The Morgan fingerprint density at radius 3 is 2.77 bits per heavy atom. The van der Waals surface area contributed by atoms with E-state index in [9.17, 15) is 4.79 Å². The topological polar surface area (TPSA) is 46.1 Å². The van der Waals surface area contributed by atoms with Gasteiger partial charge in [-0.15, -0.1) is 11.3 Å². The molecule has 4 nitrogen and oxygen atoms in total. The largest absolute Gasteiger partial charge is 0.342 e. The number of pyridine rings is 1. The molecule has 2 atom stereocenters. The lowest BCUT2D eigenvalue weighted by Gasteiger charge is -2.35. The van der Waals surface area contributed by atoms with Crippen molar-refractivity contribution in [1.82, 2.24) is 14.9 Å². The zero-order valence-electron chi connectivity index (χ0n) is 13.0. The Morgan fingerprint density at radius 2 is 2.09 bits per heavy atom. The van der Waals surface area contributed by atoms with Crippen LogP contribution in [0.5, 0.6) is 0 Å². The highest BCUT2D eigenvalue weighted by molar-refractivity contribution is 7.13. The summed E-state index contributed by atoms with van der Waals surface area (Å²) in [5.74, 6) is 1.37. The molecule has 0 N–H and O–H groups in total. The molecular formula is C17H21N3OS. The van der Waals surface area contributed by atoms with Gasteiger partial charge < -0.3 is 4.90 Å².